The molecule has 4 atom stereocenters. The fraction of sp³-hybridized carbons (Fsp3) is 0.692. The molecule has 1 aliphatic rings. The van der Waals surface area contributed by atoms with Crippen molar-refractivity contribution in [3.05, 3.63) is 32.6 Å². The molecule has 2 heterocycles. The maximum absolute atomic E-state index is 12.2. The zero-order valence-electron chi connectivity index (χ0n) is 12.1. The first kappa shape index (κ1) is 16.8. The molecule has 22 heavy (non-hydrogen) atoms. The molecule has 1 aromatic rings. The fourth-order valence-corrected chi connectivity index (χ4v) is 2.29. The van der Waals surface area contributed by atoms with Crippen molar-refractivity contribution in [3.63, 3.8) is 0 Å². The highest BCUT2D eigenvalue weighted by Gasteiger charge is 2.37. The fourth-order valence-electron chi connectivity index (χ4n) is 2.29. The van der Waals surface area contributed by atoms with Crippen LogP contribution in [-0.4, -0.2) is 58.0 Å². The average Bonchev–Trinajstić information content (AvgIpc) is 2.91. The van der Waals surface area contributed by atoms with Gasteiger partial charge < -0.3 is 19.7 Å². The Labute approximate surface area is 125 Å². The van der Waals surface area contributed by atoms with Gasteiger partial charge in [0.15, 0.2) is 0 Å². The maximum Gasteiger partial charge on any atom is 0.330 e. The summed E-state index contributed by atoms with van der Waals surface area (Å²) in [6, 6.07) is 0. The van der Waals surface area contributed by atoms with Gasteiger partial charge in [-0.2, -0.15) is 0 Å². The van der Waals surface area contributed by atoms with Crippen molar-refractivity contribution in [3.8, 4) is 0 Å². The third-order valence-electron chi connectivity index (χ3n) is 3.50. The number of hydrogen-bond donors (Lipinski definition) is 3. The van der Waals surface area contributed by atoms with Crippen LogP contribution in [-0.2, 0) is 9.47 Å². The lowest BCUT2D eigenvalue weighted by atomic mass is 10.2. The van der Waals surface area contributed by atoms with Crippen molar-refractivity contribution >= 4 is 0 Å². The molecule has 0 radical (unpaired) electrons. The van der Waals surface area contributed by atoms with Crippen LogP contribution < -0.4 is 11.2 Å². The second-order valence-corrected chi connectivity index (χ2v) is 5.21. The van der Waals surface area contributed by atoms with E-state index in [1.807, 2.05) is 0 Å². The van der Waals surface area contributed by atoms with Crippen LogP contribution in [0, 0.1) is 6.92 Å². The van der Waals surface area contributed by atoms with E-state index >= 15 is 0 Å². The molecule has 9 heteroatoms. The molecular formula is C13H19FN2O6. The van der Waals surface area contributed by atoms with E-state index in [0.29, 0.717) is 5.56 Å². The summed E-state index contributed by atoms with van der Waals surface area (Å²) in [5, 5.41) is 18.5. The van der Waals surface area contributed by atoms with E-state index in [4.69, 9.17) is 9.47 Å². The molecule has 0 amide bonds. The number of hydrogen-bond acceptors (Lipinski definition) is 6. The van der Waals surface area contributed by atoms with Crippen LogP contribution in [0.4, 0.5) is 4.39 Å². The Kier molecular flexibility index (Phi) is 5.46. The highest BCUT2D eigenvalue weighted by molar-refractivity contribution is 5.02. The van der Waals surface area contributed by atoms with Gasteiger partial charge in [-0.1, -0.05) is 0 Å². The molecule has 0 aromatic carbocycles. The van der Waals surface area contributed by atoms with E-state index < -0.39 is 42.5 Å². The van der Waals surface area contributed by atoms with E-state index in [2.05, 4.69) is 4.98 Å². The summed E-state index contributed by atoms with van der Waals surface area (Å²) in [5.41, 5.74) is -0.750. The van der Waals surface area contributed by atoms with Crippen molar-refractivity contribution in [1.82, 2.24) is 9.55 Å². The predicted octanol–water partition coefficient (Wildman–Crippen LogP) is -1.16. The van der Waals surface area contributed by atoms with E-state index in [0.717, 1.165) is 0 Å². The second-order valence-electron chi connectivity index (χ2n) is 5.21. The number of aliphatic hydroxyl groups is 2. The number of aryl methyl sites for hydroxylation is 1. The number of rotatable bonds is 6. The molecule has 0 aliphatic carbocycles. The van der Waals surface area contributed by atoms with Gasteiger partial charge in [-0.05, 0) is 6.92 Å². The van der Waals surface area contributed by atoms with Crippen molar-refractivity contribution in [2.24, 2.45) is 0 Å². The normalized spacial score (nSPS) is 26.3. The second kappa shape index (κ2) is 7.14. The minimum Gasteiger partial charge on any atom is -0.394 e. The third kappa shape index (κ3) is 3.61. The Bertz CT molecular complexity index is 615. The van der Waals surface area contributed by atoms with Gasteiger partial charge in [0.2, 0.25) is 0 Å². The van der Waals surface area contributed by atoms with Crippen LogP contribution >= 0.6 is 0 Å². The molecular weight excluding hydrogens is 299 g/mol. The maximum atomic E-state index is 12.2. The first-order valence-corrected chi connectivity index (χ1v) is 6.90. The quantitative estimate of drug-likeness (QED) is 0.610. The van der Waals surface area contributed by atoms with Crippen LogP contribution in [0.1, 0.15) is 18.2 Å². The van der Waals surface area contributed by atoms with Gasteiger partial charge in [0.05, 0.1) is 19.3 Å². The topological polar surface area (TPSA) is 114 Å². The molecule has 2 rings (SSSR count). The molecule has 1 unspecified atom stereocenters. The first-order chi connectivity index (χ1) is 10.5. The number of aromatic amines is 1. The van der Waals surface area contributed by atoms with Gasteiger partial charge in [0, 0.05) is 18.2 Å². The summed E-state index contributed by atoms with van der Waals surface area (Å²) in [6.07, 6.45) is -1.63. The number of halogens is 1. The van der Waals surface area contributed by atoms with E-state index in [1.165, 1.54) is 10.8 Å². The van der Waals surface area contributed by atoms with Crippen LogP contribution in [0.25, 0.3) is 0 Å². The highest BCUT2D eigenvalue weighted by Crippen LogP contribution is 2.29. The molecule has 0 spiro atoms. The summed E-state index contributed by atoms with van der Waals surface area (Å²) in [6.45, 7) is 0.0511. The SMILES string of the molecule is Cc1cn([C@@H]2C[C@H](OCC(O)CF)[C@H](CO)O2)c(=O)[nH]c1=O. The number of nitrogens with one attached hydrogen (secondary N) is 1. The van der Waals surface area contributed by atoms with Gasteiger partial charge in [0.25, 0.3) is 5.56 Å². The lowest BCUT2D eigenvalue weighted by Gasteiger charge is -2.17. The summed E-state index contributed by atoms with van der Waals surface area (Å²) < 4.78 is 24.3. The van der Waals surface area contributed by atoms with Gasteiger partial charge in [-0.15, -0.1) is 0 Å². The predicted molar refractivity (Wildman–Crippen MR) is 73.4 cm³/mol. The minimum atomic E-state index is -1.24. The molecule has 124 valence electrons. The Hall–Kier alpha value is -1.55. The van der Waals surface area contributed by atoms with Crippen molar-refractivity contribution < 1.29 is 24.1 Å². The van der Waals surface area contributed by atoms with Gasteiger partial charge in [0.1, 0.15) is 25.1 Å². The molecule has 1 aromatic heterocycles. The summed E-state index contributed by atoms with van der Waals surface area (Å²) in [7, 11) is 0. The number of alkyl halides is 1. The third-order valence-corrected chi connectivity index (χ3v) is 3.50. The first-order valence-electron chi connectivity index (χ1n) is 6.90. The van der Waals surface area contributed by atoms with E-state index in [1.54, 1.807) is 6.92 Å². The van der Waals surface area contributed by atoms with Crippen LogP contribution in [0.5, 0.6) is 0 Å². The molecule has 1 aliphatic heterocycles. The monoisotopic (exact) mass is 318 g/mol. The summed E-state index contributed by atoms with van der Waals surface area (Å²) in [4.78, 5) is 25.4. The van der Waals surface area contributed by atoms with Crippen molar-refractivity contribution in [2.75, 3.05) is 19.9 Å². The molecule has 0 bridgehead atoms. The van der Waals surface area contributed by atoms with Gasteiger partial charge >= 0.3 is 5.69 Å². The van der Waals surface area contributed by atoms with Crippen molar-refractivity contribution in [2.45, 2.75) is 37.9 Å². The lowest BCUT2D eigenvalue weighted by molar-refractivity contribution is -0.0771. The summed E-state index contributed by atoms with van der Waals surface area (Å²) in [5.74, 6) is 0. The number of nitrogens with zero attached hydrogens (tertiary/aromatic N) is 1. The van der Waals surface area contributed by atoms with Crippen LogP contribution in [0.3, 0.4) is 0 Å². The molecule has 1 saturated heterocycles. The van der Waals surface area contributed by atoms with Gasteiger partial charge in [-0.3, -0.25) is 14.3 Å². The Morgan fingerprint density at radius 1 is 1.59 bits per heavy atom. The van der Waals surface area contributed by atoms with Crippen molar-refractivity contribution in [1.29, 1.82) is 0 Å². The largest absolute Gasteiger partial charge is 0.394 e. The number of H-pyrrole nitrogens is 1. The smallest absolute Gasteiger partial charge is 0.330 e. The zero-order valence-corrected chi connectivity index (χ0v) is 12.1. The van der Waals surface area contributed by atoms with E-state index in [9.17, 15) is 24.2 Å². The Morgan fingerprint density at radius 3 is 2.95 bits per heavy atom. The minimum absolute atomic E-state index is 0.229. The lowest BCUT2D eigenvalue weighted by Crippen LogP contribution is -2.33. The Balaban J connectivity index is 2.13. The summed E-state index contributed by atoms with van der Waals surface area (Å²) >= 11 is 0. The molecule has 0 saturated carbocycles. The van der Waals surface area contributed by atoms with Crippen LogP contribution in [0.2, 0.25) is 0 Å². The van der Waals surface area contributed by atoms with E-state index in [-0.39, 0.29) is 19.6 Å². The molecule has 3 N–H and O–H groups in total. The zero-order chi connectivity index (χ0) is 16.3. The molecule has 8 nitrogen and oxygen atoms in total. The average molecular weight is 318 g/mol. The highest BCUT2D eigenvalue weighted by atomic mass is 19.1. The standard InChI is InChI=1S/C13H19FN2O6/c1-7-4-16(13(20)15-12(7)19)11-2-9(10(5-17)22-11)21-6-8(18)3-14/h4,8-11,17-18H,2-3,5-6H2,1H3,(H,15,19,20)/t8?,9-,10-,11-/m0/s1. The number of aromatic nitrogens is 2. The number of ether oxygens (including phenoxy) is 2. The van der Waals surface area contributed by atoms with Crippen LogP contribution in [0.15, 0.2) is 15.8 Å². The number of aliphatic hydroxyl groups excluding tert-OH is 2. The molecule has 1 fully saturated rings. The van der Waals surface area contributed by atoms with Gasteiger partial charge in [-0.25, -0.2) is 9.18 Å². The Morgan fingerprint density at radius 2 is 2.32 bits per heavy atom.